The van der Waals surface area contributed by atoms with Gasteiger partial charge in [-0.2, -0.15) is 0 Å². The van der Waals surface area contributed by atoms with Gasteiger partial charge in [-0.25, -0.2) is 0 Å². The summed E-state index contributed by atoms with van der Waals surface area (Å²) in [7, 11) is 0. The van der Waals surface area contributed by atoms with Crippen LogP contribution in [0.4, 0.5) is 0 Å². The van der Waals surface area contributed by atoms with Crippen LogP contribution >= 0.6 is 11.9 Å². The molecule has 0 saturated carbocycles. The van der Waals surface area contributed by atoms with E-state index in [4.69, 9.17) is 4.74 Å². The minimum Gasteiger partial charge on any atom is -0.460 e. The average molecular weight is 269 g/mol. The molecule has 0 aliphatic heterocycles. The molecule has 0 fully saturated rings. The summed E-state index contributed by atoms with van der Waals surface area (Å²) in [6, 6.07) is -0.269. The van der Waals surface area contributed by atoms with Gasteiger partial charge in [0.1, 0.15) is 12.6 Å². The van der Waals surface area contributed by atoms with Crippen molar-refractivity contribution in [1.82, 2.24) is 4.72 Å². The quantitative estimate of drug-likeness (QED) is 0.396. The molecule has 0 radical (unpaired) electrons. The number of carbonyl (C=O) groups excluding carboxylic acids is 1. The Morgan fingerprint density at radius 1 is 1.44 bits per heavy atom. The number of allylic oxidation sites excluding steroid dienone is 2. The Bertz CT molecular complexity index is 311. The SMILES string of the molecule is C=C/C=C(\C=C)COC(=O)C(CC(C)C)NSC. The Hall–Kier alpha value is -1.000. The maximum absolute atomic E-state index is 11.9. The standard InChI is InChI=1S/C14H23NO2S/c1-6-8-12(7-2)10-17-14(16)13(15-18-5)9-11(3)4/h6-8,11,13,15H,1-2,9-10H2,3-5H3/b12-8+. The lowest BCUT2D eigenvalue weighted by atomic mass is 10.1. The zero-order valence-electron chi connectivity index (χ0n) is 11.4. The van der Waals surface area contributed by atoms with Crippen LogP contribution < -0.4 is 4.72 Å². The van der Waals surface area contributed by atoms with Crippen molar-refractivity contribution in [2.75, 3.05) is 12.9 Å². The van der Waals surface area contributed by atoms with Crippen LogP contribution in [0.25, 0.3) is 0 Å². The summed E-state index contributed by atoms with van der Waals surface area (Å²) in [4.78, 5) is 11.9. The summed E-state index contributed by atoms with van der Waals surface area (Å²) in [6.07, 6.45) is 7.74. The van der Waals surface area contributed by atoms with Crippen molar-refractivity contribution in [3.63, 3.8) is 0 Å². The first-order valence-corrected chi connectivity index (χ1v) is 7.16. The lowest BCUT2D eigenvalue weighted by Crippen LogP contribution is -2.35. The molecule has 0 spiro atoms. The monoisotopic (exact) mass is 269 g/mol. The summed E-state index contributed by atoms with van der Waals surface area (Å²) in [6.45, 7) is 11.7. The Labute approximate surface area is 114 Å². The van der Waals surface area contributed by atoms with Crippen LogP contribution in [-0.2, 0) is 9.53 Å². The molecular formula is C14H23NO2S. The van der Waals surface area contributed by atoms with E-state index in [1.165, 1.54) is 11.9 Å². The fourth-order valence-electron chi connectivity index (χ4n) is 1.39. The molecule has 4 heteroatoms. The van der Waals surface area contributed by atoms with Gasteiger partial charge < -0.3 is 4.74 Å². The van der Waals surface area contributed by atoms with Gasteiger partial charge in [0.05, 0.1) is 0 Å². The third kappa shape index (κ3) is 7.35. The Morgan fingerprint density at radius 2 is 2.11 bits per heavy atom. The predicted molar refractivity (Wildman–Crippen MR) is 79.3 cm³/mol. The van der Waals surface area contributed by atoms with Gasteiger partial charge in [0.2, 0.25) is 0 Å². The van der Waals surface area contributed by atoms with Crippen LogP contribution in [0.1, 0.15) is 20.3 Å². The second-order valence-corrected chi connectivity index (χ2v) is 4.94. The maximum Gasteiger partial charge on any atom is 0.324 e. The van der Waals surface area contributed by atoms with E-state index in [-0.39, 0.29) is 18.6 Å². The molecule has 0 aliphatic carbocycles. The number of hydrogen-bond acceptors (Lipinski definition) is 4. The maximum atomic E-state index is 11.9. The van der Waals surface area contributed by atoms with Crippen molar-refractivity contribution < 1.29 is 9.53 Å². The van der Waals surface area contributed by atoms with Crippen LogP contribution in [0.15, 0.2) is 37.0 Å². The van der Waals surface area contributed by atoms with Gasteiger partial charge in [-0.1, -0.05) is 57.2 Å². The third-order valence-corrected chi connectivity index (χ3v) is 2.75. The molecule has 1 N–H and O–H groups in total. The van der Waals surface area contributed by atoms with E-state index in [1.54, 1.807) is 18.2 Å². The van der Waals surface area contributed by atoms with Crippen LogP contribution in [0.5, 0.6) is 0 Å². The number of esters is 1. The van der Waals surface area contributed by atoms with Crippen molar-refractivity contribution in [1.29, 1.82) is 0 Å². The van der Waals surface area contributed by atoms with Crippen molar-refractivity contribution >= 4 is 17.9 Å². The lowest BCUT2D eigenvalue weighted by Gasteiger charge is -2.18. The summed E-state index contributed by atoms with van der Waals surface area (Å²) in [5.41, 5.74) is 0.839. The first-order chi connectivity index (χ1) is 8.54. The Balaban J connectivity index is 4.37. The number of rotatable bonds is 9. The molecule has 3 nitrogen and oxygen atoms in total. The van der Waals surface area contributed by atoms with E-state index < -0.39 is 0 Å². The lowest BCUT2D eigenvalue weighted by molar-refractivity contribution is -0.144. The second-order valence-electron chi connectivity index (χ2n) is 4.29. The zero-order chi connectivity index (χ0) is 14.0. The zero-order valence-corrected chi connectivity index (χ0v) is 12.3. The highest BCUT2D eigenvalue weighted by Gasteiger charge is 2.20. The average Bonchev–Trinajstić information content (AvgIpc) is 2.33. The molecule has 0 heterocycles. The van der Waals surface area contributed by atoms with Crippen molar-refractivity contribution in [2.45, 2.75) is 26.3 Å². The molecule has 0 amide bonds. The molecule has 1 atom stereocenters. The van der Waals surface area contributed by atoms with Crippen LogP contribution in [-0.4, -0.2) is 24.9 Å². The van der Waals surface area contributed by atoms with Crippen molar-refractivity contribution in [2.24, 2.45) is 5.92 Å². The summed E-state index contributed by atoms with van der Waals surface area (Å²) in [5.74, 6) is 0.208. The first-order valence-electron chi connectivity index (χ1n) is 5.94. The molecule has 102 valence electrons. The van der Waals surface area contributed by atoms with Gasteiger partial charge in [0, 0.05) is 0 Å². The number of nitrogens with one attached hydrogen (secondary N) is 1. The number of carbonyl (C=O) groups is 1. The predicted octanol–water partition coefficient (Wildman–Crippen LogP) is 3.11. The van der Waals surface area contributed by atoms with Crippen molar-refractivity contribution in [3.8, 4) is 0 Å². The van der Waals surface area contributed by atoms with Gasteiger partial charge in [-0.3, -0.25) is 9.52 Å². The fourth-order valence-corrected chi connectivity index (χ4v) is 1.86. The highest BCUT2D eigenvalue weighted by Crippen LogP contribution is 2.09. The fraction of sp³-hybridized carbons (Fsp3) is 0.500. The third-order valence-electron chi connectivity index (χ3n) is 2.23. The Morgan fingerprint density at radius 3 is 2.56 bits per heavy atom. The van der Waals surface area contributed by atoms with Gasteiger partial charge >= 0.3 is 5.97 Å². The highest BCUT2D eigenvalue weighted by molar-refractivity contribution is 7.96. The van der Waals surface area contributed by atoms with E-state index in [2.05, 4.69) is 31.7 Å². The van der Waals surface area contributed by atoms with Gasteiger partial charge in [0.15, 0.2) is 0 Å². The highest BCUT2D eigenvalue weighted by atomic mass is 32.2. The molecule has 0 aromatic carbocycles. The molecule has 0 bridgehead atoms. The molecule has 0 aromatic rings. The second kappa shape index (κ2) is 9.97. The van der Waals surface area contributed by atoms with Crippen LogP contribution in [0.2, 0.25) is 0 Å². The normalized spacial score (nSPS) is 13.2. The summed E-state index contributed by atoms with van der Waals surface area (Å²) in [5, 5.41) is 0. The molecule has 0 rings (SSSR count). The smallest absolute Gasteiger partial charge is 0.324 e. The van der Waals surface area contributed by atoms with E-state index in [0.717, 1.165) is 12.0 Å². The molecule has 18 heavy (non-hydrogen) atoms. The first kappa shape index (κ1) is 17.0. The summed E-state index contributed by atoms with van der Waals surface area (Å²) < 4.78 is 8.33. The Kier molecular flexibility index (Phi) is 9.42. The molecule has 0 aromatic heterocycles. The van der Waals surface area contributed by atoms with Gasteiger partial charge in [0.25, 0.3) is 0 Å². The van der Waals surface area contributed by atoms with Crippen molar-refractivity contribution in [3.05, 3.63) is 37.0 Å². The minimum atomic E-state index is -0.269. The number of hydrogen-bond donors (Lipinski definition) is 1. The largest absolute Gasteiger partial charge is 0.460 e. The molecular weight excluding hydrogens is 246 g/mol. The van der Waals surface area contributed by atoms with E-state index in [0.29, 0.717) is 5.92 Å². The van der Waals surface area contributed by atoms with E-state index in [1.807, 2.05) is 6.26 Å². The summed E-state index contributed by atoms with van der Waals surface area (Å²) >= 11 is 1.43. The van der Waals surface area contributed by atoms with Crippen LogP contribution in [0.3, 0.4) is 0 Å². The van der Waals surface area contributed by atoms with E-state index >= 15 is 0 Å². The number of ether oxygens (including phenoxy) is 1. The molecule has 1 unspecified atom stereocenters. The topological polar surface area (TPSA) is 38.3 Å². The van der Waals surface area contributed by atoms with Gasteiger partial charge in [-0.05, 0) is 24.2 Å². The van der Waals surface area contributed by atoms with Gasteiger partial charge in [-0.15, -0.1) is 0 Å². The molecule has 0 aliphatic rings. The van der Waals surface area contributed by atoms with Crippen LogP contribution in [0, 0.1) is 5.92 Å². The molecule has 0 saturated heterocycles. The van der Waals surface area contributed by atoms with E-state index in [9.17, 15) is 4.79 Å². The minimum absolute atomic E-state index is 0.227.